The number of carbonyl (C=O) groups is 1. The fraction of sp³-hybridized carbons (Fsp3) is 0.323. The maximum atomic E-state index is 11.8. The van der Waals surface area contributed by atoms with Gasteiger partial charge < -0.3 is 25.8 Å². The second-order valence-corrected chi connectivity index (χ2v) is 11.0. The summed E-state index contributed by atoms with van der Waals surface area (Å²) < 4.78 is 5.19. The number of amides is 1. The number of aryl methyl sites for hydroxylation is 1. The minimum absolute atomic E-state index is 0.0565. The van der Waals surface area contributed by atoms with Gasteiger partial charge in [-0.3, -0.25) is 0 Å². The second-order valence-electron chi connectivity index (χ2n) is 11.0. The van der Waals surface area contributed by atoms with Crippen molar-refractivity contribution in [2.45, 2.75) is 45.6 Å². The molecular weight excluding hydrogens is 518 g/mol. The van der Waals surface area contributed by atoms with Crippen LogP contribution < -0.4 is 16.0 Å². The number of nitrogens with one attached hydrogen (secondary N) is 3. The predicted octanol–water partition coefficient (Wildman–Crippen LogP) is 4.49. The molecule has 1 aliphatic heterocycles. The number of aliphatic hydroxyl groups excluding tert-OH is 1. The number of ether oxygens (including phenoxy) is 1. The second kappa shape index (κ2) is 11.6. The van der Waals surface area contributed by atoms with E-state index in [0.29, 0.717) is 40.6 Å². The lowest BCUT2D eigenvalue weighted by Crippen LogP contribution is -2.32. The standard InChI is InChI=1S/C31H31N7O3/c1-19-11-20(7-6-9-35-29(40)41-30(2,3)4)22(15-32)14-26(19)38-28-34-10-8-25(37-28)21-12-23(16-33)27-24(13-21)31(5,18-39)17-36-27/h8,10-14,36,39H,9,17-18H2,1-5H3,(H,35,40)(H,34,37,38)/t31-/m1/s1. The van der Waals surface area contributed by atoms with Crippen LogP contribution in [-0.4, -0.2) is 46.5 Å². The average Bonchev–Trinajstić information content (AvgIpc) is 3.28. The van der Waals surface area contributed by atoms with Gasteiger partial charge in [-0.2, -0.15) is 10.5 Å². The molecule has 41 heavy (non-hydrogen) atoms. The van der Waals surface area contributed by atoms with E-state index in [1.54, 1.807) is 51.2 Å². The summed E-state index contributed by atoms with van der Waals surface area (Å²) in [5.74, 6) is 6.10. The van der Waals surface area contributed by atoms with E-state index in [9.17, 15) is 20.4 Å². The third-order valence-corrected chi connectivity index (χ3v) is 6.54. The van der Waals surface area contributed by atoms with Crippen molar-refractivity contribution in [2.24, 2.45) is 0 Å². The first-order chi connectivity index (χ1) is 19.5. The number of benzene rings is 2. The van der Waals surface area contributed by atoms with Crippen molar-refractivity contribution in [3.8, 4) is 35.2 Å². The Kier molecular flexibility index (Phi) is 8.14. The zero-order valence-electron chi connectivity index (χ0n) is 23.6. The molecule has 0 unspecified atom stereocenters. The van der Waals surface area contributed by atoms with Crippen LogP contribution in [0.15, 0.2) is 36.5 Å². The van der Waals surface area contributed by atoms with Crippen LogP contribution >= 0.6 is 0 Å². The van der Waals surface area contributed by atoms with Gasteiger partial charge in [0.1, 0.15) is 17.7 Å². The molecule has 2 aromatic carbocycles. The number of aliphatic hydroxyl groups is 1. The molecule has 0 saturated carbocycles. The SMILES string of the molecule is Cc1cc(C#CCNC(=O)OC(C)(C)C)c(C#N)cc1Nc1nccc(-c2cc(C#N)c3c(c2)[C@@](C)(CO)CN3)n1. The summed E-state index contributed by atoms with van der Waals surface area (Å²) in [6.45, 7) is 9.71. The smallest absolute Gasteiger partial charge is 0.408 e. The van der Waals surface area contributed by atoms with Crippen LogP contribution in [0.4, 0.5) is 22.1 Å². The van der Waals surface area contributed by atoms with Gasteiger partial charge in [0.25, 0.3) is 0 Å². The van der Waals surface area contributed by atoms with Crippen LogP contribution in [-0.2, 0) is 10.2 Å². The topological polar surface area (TPSA) is 156 Å². The number of alkyl carbamates (subject to hydrolysis) is 1. The lowest BCUT2D eigenvalue weighted by molar-refractivity contribution is 0.0535. The normalized spacial score (nSPS) is 15.3. The van der Waals surface area contributed by atoms with Gasteiger partial charge in [-0.05, 0) is 69.2 Å². The summed E-state index contributed by atoms with van der Waals surface area (Å²) in [5, 5.41) is 38.5. The average molecular weight is 550 g/mol. The number of rotatable bonds is 5. The molecule has 208 valence electrons. The summed E-state index contributed by atoms with van der Waals surface area (Å²) in [6, 6.07) is 13.3. The van der Waals surface area contributed by atoms with Crippen molar-refractivity contribution >= 4 is 23.4 Å². The molecule has 4 N–H and O–H groups in total. The van der Waals surface area contributed by atoms with Crippen molar-refractivity contribution in [3.63, 3.8) is 0 Å². The van der Waals surface area contributed by atoms with E-state index < -0.39 is 17.1 Å². The van der Waals surface area contributed by atoms with E-state index in [-0.39, 0.29) is 13.2 Å². The summed E-state index contributed by atoms with van der Waals surface area (Å²) in [5.41, 5.74) is 4.65. The number of hydrogen-bond acceptors (Lipinski definition) is 9. The van der Waals surface area contributed by atoms with Crippen LogP contribution in [0, 0.1) is 41.4 Å². The molecule has 0 radical (unpaired) electrons. The van der Waals surface area contributed by atoms with E-state index >= 15 is 0 Å². The van der Waals surface area contributed by atoms with Gasteiger partial charge in [0.15, 0.2) is 0 Å². The molecule has 0 fully saturated rings. The maximum Gasteiger partial charge on any atom is 0.408 e. The number of anilines is 3. The highest BCUT2D eigenvalue weighted by atomic mass is 16.6. The number of aromatic nitrogens is 2. The Morgan fingerprint density at radius 1 is 1.17 bits per heavy atom. The minimum atomic E-state index is -0.603. The van der Waals surface area contributed by atoms with Crippen LogP contribution in [0.25, 0.3) is 11.3 Å². The zero-order valence-corrected chi connectivity index (χ0v) is 23.6. The largest absolute Gasteiger partial charge is 0.444 e. The highest BCUT2D eigenvalue weighted by molar-refractivity contribution is 5.77. The third kappa shape index (κ3) is 6.55. The van der Waals surface area contributed by atoms with E-state index in [4.69, 9.17) is 4.74 Å². The maximum absolute atomic E-state index is 11.8. The molecule has 0 saturated heterocycles. The van der Waals surface area contributed by atoms with Gasteiger partial charge in [-0.1, -0.05) is 18.8 Å². The molecule has 2 heterocycles. The molecule has 1 atom stereocenters. The number of hydrogen-bond donors (Lipinski definition) is 4. The lowest BCUT2D eigenvalue weighted by Gasteiger charge is -2.21. The molecular formula is C31H31N7O3. The Bertz CT molecular complexity index is 1650. The Hall–Kier alpha value is -5.11. The lowest BCUT2D eigenvalue weighted by atomic mass is 9.83. The first-order valence-electron chi connectivity index (χ1n) is 13.0. The number of carbonyl (C=O) groups excluding carboxylic acids is 1. The Morgan fingerprint density at radius 2 is 1.93 bits per heavy atom. The van der Waals surface area contributed by atoms with Gasteiger partial charge in [0.2, 0.25) is 5.95 Å². The Morgan fingerprint density at radius 3 is 2.61 bits per heavy atom. The van der Waals surface area contributed by atoms with Gasteiger partial charge in [-0.25, -0.2) is 14.8 Å². The van der Waals surface area contributed by atoms with Crippen LogP contribution in [0.2, 0.25) is 0 Å². The molecule has 0 bridgehead atoms. The van der Waals surface area contributed by atoms with Gasteiger partial charge in [0, 0.05) is 35.0 Å². The minimum Gasteiger partial charge on any atom is -0.444 e. The van der Waals surface area contributed by atoms with Gasteiger partial charge in [-0.15, -0.1) is 0 Å². The molecule has 10 heteroatoms. The van der Waals surface area contributed by atoms with Crippen molar-refractivity contribution in [3.05, 3.63) is 64.3 Å². The molecule has 4 rings (SSSR count). The summed E-state index contributed by atoms with van der Waals surface area (Å²) in [4.78, 5) is 20.8. The predicted molar refractivity (Wildman–Crippen MR) is 155 cm³/mol. The monoisotopic (exact) mass is 549 g/mol. The summed E-state index contributed by atoms with van der Waals surface area (Å²) in [7, 11) is 0. The fourth-order valence-electron chi connectivity index (χ4n) is 4.37. The number of nitrogens with zero attached hydrogens (tertiary/aromatic N) is 4. The highest BCUT2D eigenvalue weighted by Crippen LogP contribution is 2.41. The van der Waals surface area contributed by atoms with E-state index in [0.717, 1.165) is 22.4 Å². The molecule has 1 aliphatic rings. The van der Waals surface area contributed by atoms with Gasteiger partial charge in [0.05, 0.1) is 35.7 Å². The highest BCUT2D eigenvalue weighted by Gasteiger charge is 2.36. The molecule has 1 amide bonds. The zero-order chi connectivity index (χ0) is 29.8. The molecule has 1 aromatic heterocycles. The number of nitriles is 2. The van der Waals surface area contributed by atoms with Gasteiger partial charge >= 0.3 is 6.09 Å². The Labute approximate surface area is 239 Å². The van der Waals surface area contributed by atoms with E-state index in [2.05, 4.69) is 49.9 Å². The molecule has 0 aliphatic carbocycles. The first-order valence-corrected chi connectivity index (χ1v) is 13.0. The van der Waals surface area contributed by atoms with E-state index in [1.807, 2.05) is 19.9 Å². The van der Waals surface area contributed by atoms with E-state index in [1.165, 1.54) is 0 Å². The summed E-state index contributed by atoms with van der Waals surface area (Å²) >= 11 is 0. The fourth-order valence-corrected chi connectivity index (χ4v) is 4.37. The van der Waals surface area contributed by atoms with Crippen molar-refractivity contribution in [2.75, 3.05) is 30.3 Å². The first kappa shape index (κ1) is 28.9. The van der Waals surface area contributed by atoms with Crippen LogP contribution in [0.5, 0.6) is 0 Å². The van der Waals surface area contributed by atoms with Crippen LogP contribution in [0.3, 0.4) is 0 Å². The Balaban J connectivity index is 1.56. The quantitative estimate of drug-likeness (QED) is 0.337. The van der Waals surface area contributed by atoms with Crippen LogP contribution in [0.1, 0.15) is 55.5 Å². The summed E-state index contributed by atoms with van der Waals surface area (Å²) in [6.07, 6.45) is 1.05. The number of fused-ring (bicyclic) bond motifs is 1. The third-order valence-electron chi connectivity index (χ3n) is 6.54. The van der Waals surface area contributed by atoms with Crippen molar-refractivity contribution in [1.29, 1.82) is 10.5 Å². The van der Waals surface area contributed by atoms with Crippen molar-refractivity contribution < 1.29 is 14.6 Å². The van der Waals surface area contributed by atoms with Crippen molar-refractivity contribution in [1.82, 2.24) is 15.3 Å². The molecule has 0 spiro atoms. The molecule has 10 nitrogen and oxygen atoms in total. The molecule has 3 aromatic rings.